The summed E-state index contributed by atoms with van der Waals surface area (Å²) in [5.41, 5.74) is -3.36. The molecule has 0 N–H and O–H groups in total. The Kier molecular flexibility index (Phi) is 2.92. The van der Waals surface area contributed by atoms with Crippen LogP contribution in [-0.2, 0) is 6.18 Å². The summed E-state index contributed by atoms with van der Waals surface area (Å²) >= 11 is 0. The van der Waals surface area contributed by atoms with Crippen molar-refractivity contribution in [2.24, 2.45) is 0 Å². The fraction of sp³-hybridized carbons (Fsp3) is 0.375. The Labute approximate surface area is 80.7 Å². The van der Waals surface area contributed by atoms with Gasteiger partial charge in [-0.3, -0.25) is 0 Å². The van der Waals surface area contributed by atoms with Crippen molar-refractivity contribution >= 4 is 0 Å². The molecule has 1 aromatic heterocycles. The minimum absolute atomic E-state index is 0.0984. The number of pyridine rings is 1. The third-order valence-corrected chi connectivity index (χ3v) is 1.79. The molecule has 0 aliphatic heterocycles. The van der Waals surface area contributed by atoms with E-state index in [9.17, 15) is 26.3 Å². The largest absolute Gasteiger partial charge is 0.416 e. The summed E-state index contributed by atoms with van der Waals surface area (Å²) in [5, 5.41) is 0. The zero-order valence-electron chi connectivity index (χ0n) is 7.37. The van der Waals surface area contributed by atoms with Gasteiger partial charge < -0.3 is 0 Å². The number of hydrogen-bond acceptors (Lipinski definition) is 1. The molecule has 0 atom stereocenters. The lowest BCUT2D eigenvalue weighted by Crippen LogP contribution is -2.12. The van der Waals surface area contributed by atoms with Crippen LogP contribution < -0.4 is 0 Å². The monoisotopic (exact) mass is 229 g/mol. The maximum absolute atomic E-state index is 12.6. The van der Waals surface area contributed by atoms with Crippen LogP contribution in [-0.4, -0.2) is 4.98 Å². The van der Waals surface area contributed by atoms with Gasteiger partial charge in [0.25, 0.3) is 6.43 Å². The van der Waals surface area contributed by atoms with E-state index in [1.807, 2.05) is 0 Å². The normalized spacial score (nSPS) is 12.3. The number of halogens is 6. The first-order chi connectivity index (χ1) is 6.73. The standard InChI is InChI=1S/C8H5F6N/c1-3-4(8(12,13)14)2-5(9)15-6(3)7(10)11/h2,7H,1H3. The summed E-state index contributed by atoms with van der Waals surface area (Å²) in [6.45, 7) is 0.830. The molecule has 0 radical (unpaired) electrons. The van der Waals surface area contributed by atoms with Crippen LogP contribution in [0.15, 0.2) is 6.07 Å². The fourth-order valence-electron chi connectivity index (χ4n) is 1.10. The second-order valence-corrected chi connectivity index (χ2v) is 2.80. The number of alkyl halides is 5. The van der Waals surface area contributed by atoms with Gasteiger partial charge >= 0.3 is 6.18 Å². The summed E-state index contributed by atoms with van der Waals surface area (Å²) in [7, 11) is 0. The molecule has 0 saturated heterocycles. The molecular formula is C8H5F6N. The molecular weight excluding hydrogens is 224 g/mol. The Morgan fingerprint density at radius 1 is 1.27 bits per heavy atom. The Morgan fingerprint density at radius 3 is 2.20 bits per heavy atom. The molecule has 1 heterocycles. The summed E-state index contributed by atoms with van der Waals surface area (Å²) < 4.78 is 73.6. The fourth-order valence-corrected chi connectivity index (χ4v) is 1.10. The van der Waals surface area contributed by atoms with Gasteiger partial charge in [0.05, 0.1) is 5.56 Å². The van der Waals surface area contributed by atoms with Crippen molar-refractivity contribution in [3.8, 4) is 0 Å². The lowest BCUT2D eigenvalue weighted by molar-refractivity contribution is -0.138. The van der Waals surface area contributed by atoms with Crippen LogP contribution in [0, 0.1) is 12.9 Å². The van der Waals surface area contributed by atoms with Gasteiger partial charge in [-0.05, 0) is 12.5 Å². The molecule has 84 valence electrons. The molecule has 0 bridgehead atoms. The Bertz CT molecular complexity index is 370. The van der Waals surface area contributed by atoms with Gasteiger partial charge in [-0.25, -0.2) is 13.8 Å². The van der Waals surface area contributed by atoms with Crippen LogP contribution >= 0.6 is 0 Å². The zero-order chi connectivity index (χ0) is 11.8. The van der Waals surface area contributed by atoms with Gasteiger partial charge in [0, 0.05) is 6.07 Å². The molecule has 1 nitrogen and oxygen atoms in total. The maximum atomic E-state index is 12.6. The molecule has 0 saturated carbocycles. The van der Waals surface area contributed by atoms with E-state index < -0.39 is 35.4 Å². The molecule has 0 spiro atoms. The lowest BCUT2D eigenvalue weighted by Gasteiger charge is -2.12. The lowest BCUT2D eigenvalue weighted by atomic mass is 10.1. The van der Waals surface area contributed by atoms with E-state index in [4.69, 9.17) is 0 Å². The second-order valence-electron chi connectivity index (χ2n) is 2.80. The van der Waals surface area contributed by atoms with E-state index in [0.717, 1.165) is 6.92 Å². The highest BCUT2D eigenvalue weighted by Crippen LogP contribution is 2.35. The van der Waals surface area contributed by atoms with Crippen LogP contribution in [0.2, 0.25) is 0 Å². The number of rotatable bonds is 1. The maximum Gasteiger partial charge on any atom is 0.416 e. The highest BCUT2D eigenvalue weighted by Gasteiger charge is 2.35. The van der Waals surface area contributed by atoms with E-state index in [-0.39, 0.29) is 6.07 Å². The van der Waals surface area contributed by atoms with Gasteiger partial charge in [0.2, 0.25) is 5.95 Å². The van der Waals surface area contributed by atoms with E-state index in [0.29, 0.717) is 0 Å². The predicted molar refractivity (Wildman–Crippen MR) is 38.9 cm³/mol. The summed E-state index contributed by atoms with van der Waals surface area (Å²) in [6, 6.07) is 0.0984. The topological polar surface area (TPSA) is 12.9 Å². The van der Waals surface area contributed by atoms with Crippen molar-refractivity contribution in [2.75, 3.05) is 0 Å². The highest BCUT2D eigenvalue weighted by atomic mass is 19.4. The number of nitrogens with zero attached hydrogens (tertiary/aromatic N) is 1. The van der Waals surface area contributed by atoms with E-state index in [1.165, 1.54) is 0 Å². The van der Waals surface area contributed by atoms with E-state index >= 15 is 0 Å². The van der Waals surface area contributed by atoms with Crippen molar-refractivity contribution in [1.29, 1.82) is 0 Å². The number of aromatic nitrogens is 1. The zero-order valence-corrected chi connectivity index (χ0v) is 7.37. The van der Waals surface area contributed by atoms with Crippen molar-refractivity contribution < 1.29 is 26.3 Å². The molecule has 7 heteroatoms. The van der Waals surface area contributed by atoms with Crippen LogP contribution in [0.4, 0.5) is 26.3 Å². The van der Waals surface area contributed by atoms with Gasteiger partial charge in [0.1, 0.15) is 5.69 Å². The Balaban J connectivity index is 3.42. The summed E-state index contributed by atoms with van der Waals surface area (Å²) in [5.74, 6) is -1.57. The predicted octanol–water partition coefficient (Wildman–Crippen LogP) is 3.49. The van der Waals surface area contributed by atoms with Crippen LogP contribution in [0.25, 0.3) is 0 Å². The highest BCUT2D eigenvalue weighted by molar-refractivity contribution is 5.32. The van der Waals surface area contributed by atoms with E-state index in [2.05, 4.69) is 4.98 Å². The molecule has 0 fully saturated rings. The smallest absolute Gasteiger partial charge is 0.218 e. The molecule has 0 aliphatic rings. The first-order valence-electron chi connectivity index (χ1n) is 3.76. The van der Waals surface area contributed by atoms with E-state index in [1.54, 1.807) is 0 Å². The Hall–Kier alpha value is -1.27. The van der Waals surface area contributed by atoms with Gasteiger partial charge in [-0.2, -0.15) is 17.6 Å². The summed E-state index contributed by atoms with van der Waals surface area (Å²) in [6.07, 6.45) is -8.10. The molecule has 1 aromatic rings. The molecule has 1 rings (SSSR count). The Morgan fingerprint density at radius 2 is 1.80 bits per heavy atom. The van der Waals surface area contributed by atoms with Crippen molar-refractivity contribution in [3.05, 3.63) is 28.8 Å². The van der Waals surface area contributed by atoms with Gasteiger partial charge in [-0.15, -0.1) is 0 Å². The molecule has 0 amide bonds. The van der Waals surface area contributed by atoms with Crippen LogP contribution in [0.3, 0.4) is 0 Å². The third-order valence-electron chi connectivity index (χ3n) is 1.79. The number of hydrogen-bond donors (Lipinski definition) is 0. The second kappa shape index (κ2) is 3.71. The minimum atomic E-state index is -4.86. The van der Waals surface area contributed by atoms with Gasteiger partial charge in [0.15, 0.2) is 0 Å². The average Bonchev–Trinajstić information content (AvgIpc) is 2.06. The van der Waals surface area contributed by atoms with Crippen molar-refractivity contribution in [1.82, 2.24) is 4.98 Å². The molecule has 0 aromatic carbocycles. The first-order valence-corrected chi connectivity index (χ1v) is 3.76. The summed E-state index contributed by atoms with van der Waals surface area (Å²) in [4.78, 5) is 2.73. The van der Waals surface area contributed by atoms with Crippen molar-refractivity contribution in [2.45, 2.75) is 19.5 Å². The van der Waals surface area contributed by atoms with Crippen LogP contribution in [0.5, 0.6) is 0 Å². The molecule has 15 heavy (non-hydrogen) atoms. The minimum Gasteiger partial charge on any atom is -0.218 e. The van der Waals surface area contributed by atoms with Crippen LogP contribution in [0.1, 0.15) is 23.2 Å². The first kappa shape index (κ1) is 11.8. The molecule has 0 aliphatic carbocycles. The SMILES string of the molecule is Cc1c(C(F)(F)F)cc(F)nc1C(F)F. The van der Waals surface area contributed by atoms with Crippen molar-refractivity contribution in [3.63, 3.8) is 0 Å². The van der Waals surface area contributed by atoms with Gasteiger partial charge in [-0.1, -0.05) is 0 Å². The quantitative estimate of drug-likeness (QED) is 0.530. The third kappa shape index (κ3) is 2.40. The average molecular weight is 229 g/mol. The molecule has 0 unspecified atom stereocenters.